The number of amides is 2. The molecule has 4 bridgehead atoms. The highest BCUT2D eigenvalue weighted by molar-refractivity contribution is 5.97. The van der Waals surface area contributed by atoms with Gasteiger partial charge in [-0.05, 0) is 52.9 Å². The van der Waals surface area contributed by atoms with Crippen molar-refractivity contribution in [3.63, 3.8) is 0 Å². The van der Waals surface area contributed by atoms with Gasteiger partial charge in [-0.2, -0.15) is 26.3 Å². The molecule has 0 saturated carbocycles. The van der Waals surface area contributed by atoms with Crippen molar-refractivity contribution in [2.24, 2.45) is 11.5 Å². The Hall–Kier alpha value is -5.15. The number of aromatic hydroxyl groups is 2. The van der Waals surface area contributed by atoms with Crippen LogP contribution in [0.4, 0.5) is 26.3 Å². The van der Waals surface area contributed by atoms with Crippen LogP contribution >= 0.6 is 0 Å². The molecule has 21 heteroatoms. The molecule has 49 heavy (non-hydrogen) atoms. The number of nitrogens with zero attached hydrogens (tertiary/aromatic N) is 1. The second-order valence-corrected chi connectivity index (χ2v) is 10.3. The van der Waals surface area contributed by atoms with Crippen LogP contribution in [-0.2, 0) is 32.0 Å². The van der Waals surface area contributed by atoms with Crippen molar-refractivity contribution in [1.82, 2.24) is 10.2 Å². The number of carboxylic acid groups (broad SMARTS) is 3. The molecule has 2 aromatic rings. The number of phenols is 2. The average Bonchev–Trinajstić information content (AvgIpc) is 2.99. The quantitative estimate of drug-likeness (QED) is 0.199. The SMILES string of the molecule is CN1CCc2cc(c(C(=O)O)cc2O)-c2ccc(O)c(c2)C[C@H](N)C(=O)N[C@@H](C[C@@H](O)CN)C1=O.O=C(O)C(F)(F)F.O=C(O)C(F)(F)F. The number of fused-ring (bicyclic) bond motifs is 5. The van der Waals surface area contributed by atoms with Crippen molar-refractivity contribution >= 4 is 29.7 Å². The first-order valence-corrected chi connectivity index (χ1v) is 13.6. The van der Waals surface area contributed by atoms with Crippen LogP contribution in [0.2, 0.25) is 0 Å². The molecule has 0 aliphatic carbocycles. The fourth-order valence-corrected chi connectivity index (χ4v) is 4.03. The Morgan fingerprint density at radius 1 is 0.939 bits per heavy atom. The van der Waals surface area contributed by atoms with Crippen LogP contribution in [0.3, 0.4) is 0 Å². The van der Waals surface area contributed by atoms with Gasteiger partial charge in [-0.1, -0.05) is 6.07 Å². The minimum Gasteiger partial charge on any atom is -0.508 e. The lowest BCUT2D eigenvalue weighted by Crippen LogP contribution is -2.54. The number of hydrogen-bond donors (Lipinski definition) is 9. The van der Waals surface area contributed by atoms with Gasteiger partial charge in [0.15, 0.2) is 0 Å². The Morgan fingerprint density at radius 2 is 1.47 bits per heavy atom. The number of aromatic carboxylic acids is 1. The maximum atomic E-state index is 13.1. The maximum absolute atomic E-state index is 13.1. The lowest BCUT2D eigenvalue weighted by Gasteiger charge is -2.27. The van der Waals surface area contributed by atoms with Crippen LogP contribution in [0.5, 0.6) is 11.5 Å². The van der Waals surface area contributed by atoms with E-state index in [2.05, 4.69) is 5.32 Å². The number of nitrogens with one attached hydrogen (secondary N) is 1. The van der Waals surface area contributed by atoms with Gasteiger partial charge in [-0.15, -0.1) is 0 Å². The number of carbonyl (C=O) groups is 5. The molecule has 0 saturated heterocycles. The number of nitrogens with two attached hydrogens (primary N) is 2. The Bertz CT molecular complexity index is 1510. The van der Waals surface area contributed by atoms with E-state index in [-0.39, 0.29) is 49.4 Å². The summed E-state index contributed by atoms with van der Waals surface area (Å²) < 4.78 is 63.5. The number of aliphatic carboxylic acids is 2. The molecule has 272 valence electrons. The first-order valence-electron chi connectivity index (χ1n) is 13.6. The number of benzene rings is 2. The number of aliphatic hydroxyl groups excluding tert-OH is 1. The van der Waals surface area contributed by atoms with Gasteiger partial charge in [0.25, 0.3) is 0 Å². The highest BCUT2D eigenvalue weighted by Gasteiger charge is 2.39. The zero-order valence-electron chi connectivity index (χ0n) is 25.2. The van der Waals surface area contributed by atoms with Crippen LogP contribution in [0.15, 0.2) is 30.3 Å². The third-order valence-electron chi connectivity index (χ3n) is 6.59. The molecule has 3 atom stereocenters. The number of carboxylic acids is 3. The van der Waals surface area contributed by atoms with Crippen molar-refractivity contribution in [2.75, 3.05) is 20.1 Å². The van der Waals surface area contributed by atoms with E-state index < -0.39 is 60.3 Å². The van der Waals surface area contributed by atoms with Crippen LogP contribution in [0.1, 0.15) is 27.9 Å². The number of rotatable bonds is 4. The fourth-order valence-electron chi connectivity index (χ4n) is 4.03. The molecular weight excluding hydrogens is 682 g/mol. The predicted molar refractivity (Wildman–Crippen MR) is 154 cm³/mol. The number of phenolic OH excluding ortho intramolecular Hbond substituents is 2. The third-order valence-corrected chi connectivity index (χ3v) is 6.59. The van der Waals surface area contributed by atoms with Gasteiger partial charge in [0.2, 0.25) is 11.8 Å². The average molecular weight is 715 g/mol. The van der Waals surface area contributed by atoms with E-state index in [1.165, 1.54) is 36.2 Å². The number of likely N-dealkylation sites (N-methyl/N-ethyl adjacent to an activating group) is 1. The molecular formula is C28H32F6N4O11. The molecule has 1 aliphatic heterocycles. The van der Waals surface area contributed by atoms with E-state index in [9.17, 15) is 61.2 Å². The Morgan fingerprint density at radius 3 is 1.94 bits per heavy atom. The number of alkyl halides is 6. The summed E-state index contributed by atoms with van der Waals surface area (Å²) >= 11 is 0. The van der Waals surface area contributed by atoms with Crippen LogP contribution in [0.25, 0.3) is 11.1 Å². The van der Waals surface area contributed by atoms with Crippen molar-refractivity contribution in [2.45, 2.75) is 49.8 Å². The summed E-state index contributed by atoms with van der Waals surface area (Å²) in [6, 6.07) is 4.89. The Balaban J connectivity index is 0.000000717. The summed E-state index contributed by atoms with van der Waals surface area (Å²) in [4.78, 5) is 56.9. The smallest absolute Gasteiger partial charge is 0.490 e. The Labute approximate surface area is 272 Å². The zero-order chi connectivity index (χ0) is 38.0. The van der Waals surface area contributed by atoms with E-state index in [0.717, 1.165) is 6.07 Å². The summed E-state index contributed by atoms with van der Waals surface area (Å²) in [7, 11) is 1.51. The first-order chi connectivity index (χ1) is 22.4. The zero-order valence-corrected chi connectivity index (χ0v) is 25.2. The minimum atomic E-state index is -5.08. The van der Waals surface area contributed by atoms with Gasteiger partial charge >= 0.3 is 30.3 Å². The molecule has 3 rings (SSSR count). The van der Waals surface area contributed by atoms with Gasteiger partial charge < -0.3 is 52.3 Å². The summed E-state index contributed by atoms with van der Waals surface area (Å²) in [6.07, 6.45) is -11.2. The van der Waals surface area contributed by atoms with E-state index in [4.69, 9.17) is 31.3 Å². The summed E-state index contributed by atoms with van der Waals surface area (Å²) in [6.45, 7) is 0.0267. The molecule has 0 spiro atoms. The first kappa shape index (κ1) is 41.9. The van der Waals surface area contributed by atoms with E-state index in [0.29, 0.717) is 22.3 Å². The van der Waals surface area contributed by atoms with E-state index in [1.54, 1.807) is 0 Å². The molecule has 11 N–H and O–H groups in total. The molecule has 0 fully saturated rings. The van der Waals surface area contributed by atoms with E-state index in [1.807, 2.05) is 0 Å². The van der Waals surface area contributed by atoms with Crippen LogP contribution in [0, 0.1) is 0 Å². The summed E-state index contributed by atoms with van der Waals surface area (Å²) in [5.74, 6) is -8.29. The van der Waals surface area contributed by atoms with E-state index >= 15 is 0 Å². The normalized spacial score (nSPS) is 17.5. The molecule has 0 aromatic heterocycles. The standard InChI is InChI=1S/C24H30N4O7.2C2HF3O2/c1-28-5-4-13-7-16(17(24(34)35)10-21(13)31)12-2-3-20(30)14(6-12)8-18(26)22(32)27-19(23(28)33)9-15(29)11-25;2*3-2(4,5)1(6)7/h2-3,6-7,10,15,18-19,29-31H,4-5,8-9,11,25-26H2,1H3,(H,27,32)(H,34,35);2*(H,6,7)/t15-,18+,19+;;/m1../s1. The van der Waals surface area contributed by atoms with Gasteiger partial charge in [-0.25, -0.2) is 14.4 Å². The van der Waals surface area contributed by atoms with Crippen LogP contribution in [-0.4, -0.2) is 116 Å². The number of aliphatic hydroxyl groups is 1. The van der Waals surface area contributed by atoms with Crippen molar-refractivity contribution in [3.05, 3.63) is 47.0 Å². The molecule has 2 aromatic carbocycles. The Kier molecular flexibility index (Phi) is 14.8. The predicted octanol–water partition coefficient (Wildman–Crippen LogP) is 0.808. The van der Waals surface area contributed by atoms with Gasteiger partial charge in [0, 0.05) is 33.0 Å². The number of hydrogen-bond acceptors (Lipinski definition) is 10. The maximum Gasteiger partial charge on any atom is 0.490 e. The molecule has 0 unspecified atom stereocenters. The molecule has 0 radical (unpaired) electrons. The van der Waals surface area contributed by atoms with Crippen molar-refractivity contribution < 1.29 is 81.0 Å². The molecule has 15 nitrogen and oxygen atoms in total. The highest BCUT2D eigenvalue weighted by atomic mass is 19.4. The fraction of sp³-hybridized carbons (Fsp3) is 0.393. The van der Waals surface area contributed by atoms with Crippen molar-refractivity contribution in [1.29, 1.82) is 0 Å². The lowest BCUT2D eigenvalue weighted by atomic mass is 9.93. The highest BCUT2D eigenvalue weighted by Crippen LogP contribution is 2.34. The molecule has 1 aliphatic rings. The topological polar surface area (TPSA) is 274 Å². The molecule has 1 heterocycles. The number of carbonyl (C=O) groups excluding carboxylic acids is 2. The largest absolute Gasteiger partial charge is 0.508 e. The minimum absolute atomic E-state index is 0.102. The monoisotopic (exact) mass is 714 g/mol. The lowest BCUT2D eigenvalue weighted by molar-refractivity contribution is -0.193. The van der Waals surface area contributed by atoms with Crippen LogP contribution < -0.4 is 16.8 Å². The summed E-state index contributed by atoms with van der Waals surface area (Å²) in [5, 5.41) is 57.3. The van der Waals surface area contributed by atoms with Gasteiger partial charge in [0.05, 0.1) is 17.7 Å². The van der Waals surface area contributed by atoms with Crippen molar-refractivity contribution in [3.8, 4) is 22.6 Å². The number of halogens is 6. The molecule has 2 amide bonds. The van der Waals surface area contributed by atoms with Gasteiger partial charge in [-0.3, -0.25) is 9.59 Å². The summed E-state index contributed by atoms with van der Waals surface area (Å²) in [5.41, 5.74) is 12.9. The second-order valence-electron chi connectivity index (χ2n) is 10.3. The second kappa shape index (κ2) is 17.3. The third kappa shape index (κ3) is 12.8. The van der Waals surface area contributed by atoms with Gasteiger partial charge in [0.1, 0.15) is 17.5 Å².